The van der Waals surface area contributed by atoms with Gasteiger partial charge in [-0.25, -0.2) is 4.79 Å². The van der Waals surface area contributed by atoms with Crippen molar-refractivity contribution >= 4 is 11.8 Å². The van der Waals surface area contributed by atoms with Crippen LogP contribution in [0.25, 0.3) is 0 Å². The summed E-state index contributed by atoms with van der Waals surface area (Å²) in [4.78, 5) is 14.2. The van der Waals surface area contributed by atoms with Crippen LogP contribution in [0.2, 0.25) is 0 Å². The van der Waals surface area contributed by atoms with Crippen molar-refractivity contribution in [3.05, 3.63) is 47.7 Å². The first kappa shape index (κ1) is 17.5. The Hall–Kier alpha value is -2.34. The summed E-state index contributed by atoms with van der Waals surface area (Å²) in [7, 11) is 1.83. The number of aromatic nitrogens is 2. The number of rotatable bonds is 5. The molecule has 0 radical (unpaired) electrons. The lowest BCUT2D eigenvalue weighted by Crippen LogP contribution is -2.34. The van der Waals surface area contributed by atoms with Crippen LogP contribution in [0, 0.1) is 5.92 Å². The van der Waals surface area contributed by atoms with E-state index in [1.54, 1.807) is 9.58 Å². The third kappa shape index (κ3) is 4.20. The van der Waals surface area contributed by atoms with Gasteiger partial charge in [0.25, 0.3) is 0 Å². The molecule has 1 aromatic heterocycles. The number of likely N-dealkylation sites (tertiary alicyclic amines) is 1. The summed E-state index contributed by atoms with van der Waals surface area (Å²) in [6.45, 7) is 3.02. The molecule has 2 N–H and O–H groups in total. The fourth-order valence-corrected chi connectivity index (χ4v) is 3.35. The number of amides is 2. The molecule has 2 amide bonds. The molecule has 2 aromatic rings. The normalized spacial score (nSPS) is 20.0. The molecule has 1 aliphatic heterocycles. The minimum absolute atomic E-state index is 0.0651. The van der Waals surface area contributed by atoms with Gasteiger partial charge in [-0.2, -0.15) is 5.10 Å². The highest BCUT2D eigenvalue weighted by Gasteiger charge is 2.34. The van der Waals surface area contributed by atoms with E-state index in [1.165, 1.54) is 5.56 Å². The molecule has 25 heavy (non-hydrogen) atoms. The van der Waals surface area contributed by atoms with Crippen molar-refractivity contribution in [2.45, 2.75) is 32.3 Å². The molecule has 3 rings (SSSR count). The molecular formula is C19H26N4O2. The third-order valence-electron chi connectivity index (χ3n) is 4.71. The largest absolute Gasteiger partial charge is 0.391 e. The average Bonchev–Trinajstić information content (AvgIpc) is 3.12. The second-order valence-electron chi connectivity index (χ2n) is 6.75. The number of aryl methyl sites for hydroxylation is 2. The number of hydrogen-bond acceptors (Lipinski definition) is 3. The van der Waals surface area contributed by atoms with Crippen molar-refractivity contribution in [2.75, 3.05) is 18.4 Å². The second-order valence-corrected chi connectivity index (χ2v) is 6.75. The Bertz CT molecular complexity index is 713. The third-order valence-corrected chi connectivity index (χ3v) is 4.71. The summed E-state index contributed by atoms with van der Waals surface area (Å²) in [6.07, 6.45) is 2.20. The number of urea groups is 1. The molecule has 0 unspecified atom stereocenters. The van der Waals surface area contributed by atoms with Crippen LogP contribution in [0.4, 0.5) is 10.6 Å². The van der Waals surface area contributed by atoms with Gasteiger partial charge in [-0.3, -0.25) is 10.00 Å². The van der Waals surface area contributed by atoms with E-state index < -0.39 is 6.10 Å². The maximum Gasteiger partial charge on any atom is 0.323 e. The zero-order chi connectivity index (χ0) is 17.8. The number of aliphatic hydroxyl groups is 1. The first-order valence-electron chi connectivity index (χ1n) is 8.87. The summed E-state index contributed by atoms with van der Waals surface area (Å²) >= 11 is 0. The highest BCUT2D eigenvalue weighted by Crippen LogP contribution is 2.22. The van der Waals surface area contributed by atoms with Gasteiger partial charge >= 0.3 is 6.03 Å². The molecule has 1 fully saturated rings. The van der Waals surface area contributed by atoms with Crippen LogP contribution >= 0.6 is 0 Å². The number of carbonyl (C=O) groups is 1. The van der Waals surface area contributed by atoms with Crippen LogP contribution in [0.3, 0.4) is 0 Å². The highest BCUT2D eigenvalue weighted by atomic mass is 16.3. The predicted molar refractivity (Wildman–Crippen MR) is 97.4 cm³/mol. The lowest BCUT2D eigenvalue weighted by Gasteiger charge is -2.17. The fourth-order valence-electron chi connectivity index (χ4n) is 3.35. The van der Waals surface area contributed by atoms with Crippen LogP contribution in [0.5, 0.6) is 0 Å². The SMILES string of the molecule is CCCc1cc(NC(=O)N2C[C@@H](Cc3ccccc3)[C@H](O)C2)n(C)n1. The van der Waals surface area contributed by atoms with Gasteiger partial charge in [0, 0.05) is 32.1 Å². The van der Waals surface area contributed by atoms with Gasteiger partial charge < -0.3 is 10.0 Å². The summed E-state index contributed by atoms with van der Waals surface area (Å²) in [5.74, 6) is 0.754. The van der Waals surface area contributed by atoms with Crippen LogP contribution < -0.4 is 5.32 Å². The smallest absolute Gasteiger partial charge is 0.323 e. The van der Waals surface area contributed by atoms with E-state index in [0.29, 0.717) is 18.9 Å². The fraction of sp³-hybridized carbons (Fsp3) is 0.474. The van der Waals surface area contributed by atoms with Crippen molar-refractivity contribution < 1.29 is 9.90 Å². The van der Waals surface area contributed by atoms with E-state index in [1.807, 2.05) is 31.3 Å². The highest BCUT2D eigenvalue weighted by molar-refractivity contribution is 5.88. The summed E-state index contributed by atoms with van der Waals surface area (Å²) in [6, 6.07) is 11.8. The van der Waals surface area contributed by atoms with E-state index in [4.69, 9.17) is 0 Å². The number of nitrogens with one attached hydrogen (secondary N) is 1. The standard InChI is InChI=1S/C19H26N4O2/c1-3-7-16-11-18(22(2)21-16)20-19(25)23-12-15(17(24)13-23)10-14-8-5-4-6-9-14/h4-6,8-9,11,15,17,24H,3,7,10,12-13H2,1-2H3,(H,20,25)/t15-,17-/m1/s1. The minimum atomic E-state index is -0.492. The topological polar surface area (TPSA) is 70.4 Å². The van der Waals surface area contributed by atoms with Gasteiger partial charge in [0.15, 0.2) is 0 Å². The monoisotopic (exact) mass is 342 g/mol. The lowest BCUT2D eigenvalue weighted by atomic mass is 9.97. The number of aliphatic hydroxyl groups excluding tert-OH is 1. The number of anilines is 1. The summed E-state index contributed by atoms with van der Waals surface area (Å²) in [5.41, 5.74) is 2.16. The molecule has 0 bridgehead atoms. The molecule has 1 saturated heterocycles. The molecule has 6 heteroatoms. The molecule has 0 spiro atoms. The first-order chi connectivity index (χ1) is 12.1. The molecule has 2 heterocycles. The van der Waals surface area contributed by atoms with E-state index in [-0.39, 0.29) is 11.9 Å². The summed E-state index contributed by atoms with van der Waals surface area (Å²) < 4.78 is 1.69. The first-order valence-corrected chi connectivity index (χ1v) is 8.87. The number of β-amino-alcohol motifs (C(OH)–C–C–N with tert-alkyl or cyclic N) is 1. The minimum Gasteiger partial charge on any atom is -0.391 e. The van der Waals surface area contributed by atoms with Crippen molar-refractivity contribution in [1.29, 1.82) is 0 Å². The molecule has 0 aliphatic carbocycles. The van der Waals surface area contributed by atoms with Crippen molar-refractivity contribution in [3.63, 3.8) is 0 Å². The zero-order valence-electron chi connectivity index (χ0n) is 14.9. The lowest BCUT2D eigenvalue weighted by molar-refractivity contribution is 0.143. The van der Waals surface area contributed by atoms with Crippen molar-refractivity contribution in [2.24, 2.45) is 13.0 Å². The van der Waals surface area contributed by atoms with Gasteiger partial charge in [0.05, 0.1) is 11.8 Å². The Kier molecular flexibility index (Phi) is 5.38. The van der Waals surface area contributed by atoms with Gasteiger partial charge in [-0.1, -0.05) is 43.7 Å². The number of benzene rings is 1. The Balaban J connectivity index is 1.60. The van der Waals surface area contributed by atoms with Gasteiger partial charge in [-0.15, -0.1) is 0 Å². The molecule has 2 atom stereocenters. The molecule has 0 saturated carbocycles. The van der Waals surface area contributed by atoms with Crippen molar-refractivity contribution in [3.8, 4) is 0 Å². The number of nitrogens with zero attached hydrogens (tertiary/aromatic N) is 3. The number of hydrogen-bond donors (Lipinski definition) is 2. The Morgan fingerprint density at radius 1 is 1.32 bits per heavy atom. The van der Waals surface area contributed by atoms with Crippen LogP contribution in [-0.2, 0) is 19.9 Å². The maximum absolute atomic E-state index is 12.5. The van der Waals surface area contributed by atoms with Crippen LogP contribution in [-0.4, -0.2) is 45.0 Å². The summed E-state index contributed by atoms with van der Waals surface area (Å²) in [5, 5.41) is 17.6. The zero-order valence-corrected chi connectivity index (χ0v) is 14.9. The van der Waals surface area contributed by atoms with Crippen LogP contribution in [0.1, 0.15) is 24.6 Å². The molecular weight excluding hydrogens is 316 g/mol. The quantitative estimate of drug-likeness (QED) is 0.877. The second kappa shape index (κ2) is 7.70. The molecule has 6 nitrogen and oxygen atoms in total. The van der Waals surface area contributed by atoms with Crippen molar-refractivity contribution in [1.82, 2.24) is 14.7 Å². The van der Waals surface area contributed by atoms with E-state index >= 15 is 0 Å². The predicted octanol–water partition coefficient (Wildman–Crippen LogP) is 2.44. The number of carbonyl (C=O) groups excluding carboxylic acids is 1. The Morgan fingerprint density at radius 2 is 2.08 bits per heavy atom. The molecule has 1 aliphatic rings. The Labute approximate surface area is 148 Å². The maximum atomic E-state index is 12.5. The Morgan fingerprint density at radius 3 is 2.80 bits per heavy atom. The van der Waals surface area contributed by atoms with Gasteiger partial charge in [0.2, 0.25) is 0 Å². The van der Waals surface area contributed by atoms with Gasteiger partial charge in [0.1, 0.15) is 5.82 Å². The van der Waals surface area contributed by atoms with Crippen LogP contribution in [0.15, 0.2) is 36.4 Å². The van der Waals surface area contributed by atoms with Gasteiger partial charge in [-0.05, 0) is 18.4 Å². The van der Waals surface area contributed by atoms with E-state index in [2.05, 4.69) is 29.5 Å². The molecule has 134 valence electrons. The van der Waals surface area contributed by atoms with E-state index in [9.17, 15) is 9.90 Å². The average molecular weight is 342 g/mol. The van der Waals surface area contributed by atoms with E-state index in [0.717, 1.165) is 25.0 Å². The molecule has 1 aromatic carbocycles.